The van der Waals surface area contributed by atoms with Crippen molar-refractivity contribution in [2.24, 2.45) is 0 Å². The number of aliphatic hydroxyl groups excluding tert-OH is 1. The Hall–Kier alpha value is -3.19. The van der Waals surface area contributed by atoms with Crippen molar-refractivity contribution in [2.75, 3.05) is 26.2 Å². The van der Waals surface area contributed by atoms with Crippen molar-refractivity contribution in [2.45, 2.75) is 39.3 Å². The molecule has 1 fully saturated rings. The van der Waals surface area contributed by atoms with E-state index in [2.05, 4.69) is 23.7 Å². The number of benzene rings is 1. The van der Waals surface area contributed by atoms with Crippen LogP contribution in [0.3, 0.4) is 0 Å². The largest absolute Gasteiger partial charge is 0.507 e. The fraction of sp³-hybridized carbons (Fsp3) is 0.400. The summed E-state index contributed by atoms with van der Waals surface area (Å²) in [4.78, 5) is 34.0. The van der Waals surface area contributed by atoms with Gasteiger partial charge in [0.05, 0.1) is 11.6 Å². The van der Waals surface area contributed by atoms with Gasteiger partial charge in [-0.25, -0.2) is 0 Å². The van der Waals surface area contributed by atoms with Gasteiger partial charge >= 0.3 is 0 Å². The molecule has 4 rings (SSSR count). The smallest absolute Gasteiger partial charge is 0.295 e. The summed E-state index contributed by atoms with van der Waals surface area (Å²) in [5.41, 5.74) is 2.39. The molecule has 32 heavy (non-hydrogen) atoms. The molecule has 3 heterocycles. The number of rotatable bonds is 7. The van der Waals surface area contributed by atoms with Gasteiger partial charge < -0.3 is 19.6 Å². The molecule has 1 aromatic heterocycles. The number of carbonyl (C=O) groups excluding carboxylic acids is 2. The number of hydrogen-bond acceptors (Lipinski definition) is 6. The van der Waals surface area contributed by atoms with E-state index in [4.69, 9.17) is 4.74 Å². The van der Waals surface area contributed by atoms with Crippen LogP contribution in [0.1, 0.15) is 43.5 Å². The van der Waals surface area contributed by atoms with Crippen LogP contribution in [0.25, 0.3) is 5.76 Å². The zero-order valence-electron chi connectivity index (χ0n) is 18.7. The number of pyridine rings is 1. The van der Waals surface area contributed by atoms with E-state index >= 15 is 0 Å². The molecule has 0 saturated carbocycles. The maximum Gasteiger partial charge on any atom is 0.295 e. The van der Waals surface area contributed by atoms with Gasteiger partial charge in [0.15, 0.2) is 0 Å². The van der Waals surface area contributed by atoms with Gasteiger partial charge in [0.2, 0.25) is 0 Å². The Balaban J connectivity index is 1.76. The van der Waals surface area contributed by atoms with Crippen LogP contribution in [0.15, 0.2) is 48.3 Å². The van der Waals surface area contributed by atoms with Crippen LogP contribution in [0.2, 0.25) is 0 Å². The SMILES string of the molecule is CCN(CC)CCN1C(=O)C(=O)C(=C(O)c2ccc3c(c2)O[C@H](C)C3)[C@@H]1c1ccncc1. The lowest BCUT2D eigenvalue weighted by Crippen LogP contribution is -2.38. The predicted octanol–water partition coefficient (Wildman–Crippen LogP) is 3.17. The van der Waals surface area contributed by atoms with E-state index in [1.165, 1.54) is 0 Å². The highest BCUT2D eigenvalue weighted by Gasteiger charge is 2.46. The van der Waals surface area contributed by atoms with Gasteiger partial charge in [-0.3, -0.25) is 14.6 Å². The first kappa shape index (κ1) is 22.0. The van der Waals surface area contributed by atoms with Gasteiger partial charge in [-0.15, -0.1) is 0 Å². The molecule has 168 valence electrons. The number of fused-ring (bicyclic) bond motifs is 1. The Morgan fingerprint density at radius 1 is 1.19 bits per heavy atom. The molecule has 2 aliphatic rings. The molecule has 0 bridgehead atoms. The number of carbonyl (C=O) groups is 2. The van der Waals surface area contributed by atoms with Crippen molar-refractivity contribution in [3.05, 3.63) is 65.0 Å². The molecule has 0 unspecified atom stereocenters. The second kappa shape index (κ2) is 9.12. The minimum absolute atomic E-state index is 0.0740. The number of ether oxygens (including phenoxy) is 1. The summed E-state index contributed by atoms with van der Waals surface area (Å²) >= 11 is 0. The maximum atomic E-state index is 13.1. The average molecular weight is 436 g/mol. The van der Waals surface area contributed by atoms with Gasteiger partial charge in [0.1, 0.15) is 17.6 Å². The number of nitrogens with zero attached hydrogens (tertiary/aromatic N) is 3. The lowest BCUT2D eigenvalue weighted by atomic mass is 9.95. The molecular weight excluding hydrogens is 406 g/mol. The van der Waals surface area contributed by atoms with Crippen LogP contribution >= 0.6 is 0 Å². The lowest BCUT2D eigenvalue weighted by Gasteiger charge is -2.28. The molecule has 0 aliphatic carbocycles. The fourth-order valence-corrected chi connectivity index (χ4v) is 4.50. The Labute approximate surface area is 188 Å². The van der Waals surface area contributed by atoms with E-state index in [9.17, 15) is 14.7 Å². The van der Waals surface area contributed by atoms with Crippen molar-refractivity contribution in [1.29, 1.82) is 0 Å². The number of aromatic nitrogens is 1. The molecule has 0 spiro atoms. The number of likely N-dealkylation sites (N-methyl/N-ethyl adjacent to an activating group) is 1. The Morgan fingerprint density at radius 2 is 1.91 bits per heavy atom. The molecule has 1 saturated heterocycles. The molecule has 7 nitrogen and oxygen atoms in total. The Bertz CT molecular complexity index is 1050. The fourth-order valence-electron chi connectivity index (χ4n) is 4.50. The van der Waals surface area contributed by atoms with Crippen LogP contribution < -0.4 is 4.74 Å². The number of hydrogen-bond donors (Lipinski definition) is 1. The third-order valence-corrected chi connectivity index (χ3v) is 6.29. The highest BCUT2D eigenvalue weighted by atomic mass is 16.5. The summed E-state index contributed by atoms with van der Waals surface area (Å²) in [7, 11) is 0. The van der Waals surface area contributed by atoms with E-state index in [1.807, 2.05) is 13.0 Å². The zero-order valence-corrected chi connectivity index (χ0v) is 18.7. The highest BCUT2D eigenvalue weighted by molar-refractivity contribution is 6.46. The van der Waals surface area contributed by atoms with Crippen molar-refractivity contribution >= 4 is 17.4 Å². The average Bonchev–Trinajstić information content (AvgIpc) is 3.30. The molecule has 0 radical (unpaired) electrons. The summed E-state index contributed by atoms with van der Waals surface area (Å²) in [6.45, 7) is 8.86. The van der Waals surface area contributed by atoms with Crippen molar-refractivity contribution < 1.29 is 19.4 Å². The number of ketones is 1. The van der Waals surface area contributed by atoms with E-state index in [-0.39, 0.29) is 17.4 Å². The molecule has 1 aromatic carbocycles. The lowest BCUT2D eigenvalue weighted by molar-refractivity contribution is -0.140. The summed E-state index contributed by atoms with van der Waals surface area (Å²) in [6, 6.07) is 8.33. The first-order valence-corrected chi connectivity index (χ1v) is 11.1. The summed E-state index contributed by atoms with van der Waals surface area (Å²) in [6.07, 6.45) is 4.14. The van der Waals surface area contributed by atoms with E-state index < -0.39 is 17.7 Å². The molecule has 1 N–H and O–H groups in total. The molecule has 2 atom stereocenters. The van der Waals surface area contributed by atoms with Crippen LogP contribution in [-0.2, 0) is 16.0 Å². The first-order valence-electron chi connectivity index (χ1n) is 11.1. The van der Waals surface area contributed by atoms with E-state index in [0.29, 0.717) is 24.4 Å². The van der Waals surface area contributed by atoms with Gasteiger partial charge in [-0.05, 0) is 49.3 Å². The molecule has 1 amide bonds. The molecule has 7 heteroatoms. The standard InChI is InChI=1S/C25H29N3O4/c1-4-27(5-2)12-13-28-22(17-8-10-26-11-9-17)21(24(30)25(28)31)23(29)19-7-6-18-14-16(3)32-20(18)15-19/h6-11,15-16,22,29H,4-5,12-14H2,1-3H3/t16-,22+/m1/s1. The van der Waals surface area contributed by atoms with Crippen LogP contribution in [-0.4, -0.2) is 63.9 Å². The van der Waals surface area contributed by atoms with Gasteiger partial charge in [0.25, 0.3) is 11.7 Å². The van der Waals surface area contributed by atoms with Crippen molar-refractivity contribution in [3.63, 3.8) is 0 Å². The van der Waals surface area contributed by atoms with E-state index in [1.54, 1.807) is 41.6 Å². The number of likely N-dealkylation sites (tertiary alicyclic amines) is 1. The Kier molecular flexibility index (Phi) is 6.28. The quantitative estimate of drug-likeness (QED) is 0.409. The summed E-state index contributed by atoms with van der Waals surface area (Å²) in [5.74, 6) is -0.732. The van der Waals surface area contributed by atoms with Gasteiger partial charge in [-0.1, -0.05) is 26.0 Å². The predicted molar refractivity (Wildman–Crippen MR) is 121 cm³/mol. The van der Waals surface area contributed by atoms with Crippen molar-refractivity contribution in [1.82, 2.24) is 14.8 Å². The van der Waals surface area contributed by atoms with E-state index in [0.717, 1.165) is 30.6 Å². The van der Waals surface area contributed by atoms with Crippen LogP contribution in [0.5, 0.6) is 5.75 Å². The number of Topliss-reactive ketones (excluding diaryl/α,β-unsaturated/α-hetero) is 1. The molecular formula is C25H29N3O4. The highest BCUT2D eigenvalue weighted by Crippen LogP contribution is 2.40. The second-order valence-corrected chi connectivity index (χ2v) is 8.26. The van der Waals surface area contributed by atoms with Gasteiger partial charge in [0, 0.05) is 37.5 Å². The minimum Gasteiger partial charge on any atom is -0.507 e. The third kappa shape index (κ3) is 4.00. The third-order valence-electron chi connectivity index (χ3n) is 6.29. The Morgan fingerprint density at radius 3 is 2.59 bits per heavy atom. The number of amides is 1. The summed E-state index contributed by atoms with van der Waals surface area (Å²) < 4.78 is 5.82. The normalized spacial score (nSPS) is 21.8. The topological polar surface area (TPSA) is 83.0 Å². The van der Waals surface area contributed by atoms with Crippen LogP contribution in [0.4, 0.5) is 0 Å². The van der Waals surface area contributed by atoms with Gasteiger partial charge in [-0.2, -0.15) is 0 Å². The molecule has 2 aliphatic heterocycles. The number of aliphatic hydroxyl groups is 1. The minimum atomic E-state index is -0.668. The molecule has 2 aromatic rings. The zero-order chi connectivity index (χ0) is 22.8. The first-order chi connectivity index (χ1) is 15.4. The monoisotopic (exact) mass is 435 g/mol. The van der Waals surface area contributed by atoms with Crippen LogP contribution in [0, 0.1) is 0 Å². The summed E-state index contributed by atoms with van der Waals surface area (Å²) in [5, 5.41) is 11.2. The van der Waals surface area contributed by atoms with Crippen molar-refractivity contribution in [3.8, 4) is 5.75 Å². The second-order valence-electron chi connectivity index (χ2n) is 8.26. The maximum absolute atomic E-state index is 13.1.